The van der Waals surface area contributed by atoms with E-state index in [9.17, 15) is 8.42 Å². The number of nitrogens with zero attached hydrogens (tertiary/aromatic N) is 1. The van der Waals surface area contributed by atoms with Crippen LogP contribution in [0.5, 0.6) is 11.5 Å². The minimum atomic E-state index is -3.60. The number of ether oxygens (including phenoxy) is 2. The first-order valence-electron chi connectivity index (χ1n) is 6.94. The number of benzene rings is 1. The molecule has 1 fully saturated rings. The van der Waals surface area contributed by atoms with Gasteiger partial charge in [0.2, 0.25) is 10.0 Å². The Morgan fingerprint density at radius 3 is 2.62 bits per heavy atom. The predicted molar refractivity (Wildman–Crippen MR) is 77.7 cm³/mol. The van der Waals surface area contributed by atoms with E-state index in [0.29, 0.717) is 37.2 Å². The maximum Gasteiger partial charge on any atom is 0.244 e. The first-order valence-corrected chi connectivity index (χ1v) is 8.38. The standard InChI is InChI=1S/C15H17NO4S/c1-2-7-16(11-12-3-4-12)21(17,18)13-5-6-14-15(10-13)20-9-8-19-14/h1,5-6,10,12H,3-4,7-9,11H2. The van der Waals surface area contributed by atoms with E-state index in [4.69, 9.17) is 15.9 Å². The van der Waals surface area contributed by atoms with Crippen molar-refractivity contribution in [1.29, 1.82) is 0 Å². The zero-order valence-corrected chi connectivity index (χ0v) is 12.4. The molecule has 0 radical (unpaired) electrons. The van der Waals surface area contributed by atoms with Gasteiger partial charge in [-0.2, -0.15) is 4.31 Å². The third-order valence-corrected chi connectivity index (χ3v) is 5.39. The molecule has 0 aromatic heterocycles. The molecule has 0 atom stereocenters. The summed E-state index contributed by atoms with van der Waals surface area (Å²) in [6.07, 6.45) is 7.44. The highest BCUT2D eigenvalue weighted by Gasteiger charge is 2.32. The van der Waals surface area contributed by atoms with E-state index in [1.807, 2.05) is 0 Å². The average molecular weight is 307 g/mol. The van der Waals surface area contributed by atoms with Crippen LogP contribution in [0, 0.1) is 18.3 Å². The number of hydrogen-bond acceptors (Lipinski definition) is 4. The van der Waals surface area contributed by atoms with Crippen LogP contribution in [0.15, 0.2) is 23.1 Å². The molecule has 1 aliphatic carbocycles. The van der Waals surface area contributed by atoms with Gasteiger partial charge in [0.25, 0.3) is 0 Å². The van der Waals surface area contributed by atoms with Gasteiger partial charge in [0.1, 0.15) is 13.2 Å². The van der Waals surface area contributed by atoms with Crippen molar-refractivity contribution in [2.75, 3.05) is 26.3 Å². The van der Waals surface area contributed by atoms with Crippen molar-refractivity contribution in [3.05, 3.63) is 18.2 Å². The quantitative estimate of drug-likeness (QED) is 0.774. The molecule has 0 spiro atoms. The van der Waals surface area contributed by atoms with Gasteiger partial charge in [-0.05, 0) is 30.9 Å². The Morgan fingerprint density at radius 2 is 1.95 bits per heavy atom. The van der Waals surface area contributed by atoms with E-state index in [1.165, 1.54) is 10.4 Å². The van der Waals surface area contributed by atoms with E-state index < -0.39 is 10.0 Å². The van der Waals surface area contributed by atoms with E-state index in [2.05, 4.69) is 5.92 Å². The van der Waals surface area contributed by atoms with Crippen molar-refractivity contribution >= 4 is 10.0 Å². The van der Waals surface area contributed by atoms with E-state index in [1.54, 1.807) is 12.1 Å². The molecule has 0 bridgehead atoms. The molecule has 2 aliphatic rings. The highest BCUT2D eigenvalue weighted by atomic mass is 32.2. The molecule has 5 nitrogen and oxygen atoms in total. The molecule has 21 heavy (non-hydrogen) atoms. The summed E-state index contributed by atoms with van der Waals surface area (Å²) in [5.74, 6) is 3.91. The second-order valence-electron chi connectivity index (χ2n) is 5.25. The molecule has 0 amide bonds. The molecule has 0 unspecified atom stereocenters. The van der Waals surface area contributed by atoms with E-state index in [0.717, 1.165) is 12.8 Å². The van der Waals surface area contributed by atoms with E-state index >= 15 is 0 Å². The molecule has 112 valence electrons. The summed E-state index contributed by atoms with van der Waals surface area (Å²) in [5, 5.41) is 0. The first-order chi connectivity index (χ1) is 10.1. The molecular formula is C15H17NO4S. The SMILES string of the molecule is C#CCN(CC1CC1)S(=O)(=O)c1ccc2c(c1)OCCO2. The van der Waals surface area contributed by atoms with Gasteiger partial charge in [0.05, 0.1) is 11.4 Å². The third-order valence-electron chi connectivity index (χ3n) is 3.58. The van der Waals surface area contributed by atoms with Gasteiger partial charge in [-0.25, -0.2) is 8.42 Å². The Labute approximate surface area is 124 Å². The second kappa shape index (κ2) is 5.58. The Morgan fingerprint density at radius 1 is 1.24 bits per heavy atom. The van der Waals surface area contributed by atoms with Crippen molar-refractivity contribution in [3.8, 4) is 23.8 Å². The zero-order valence-electron chi connectivity index (χ0n) is 11.6. The maximum atomic E-state index is 12.7. The molecule has 3 rings (SSSR count). The fourth-order valence-electron chi connectivity index (χ4n) is 2.27. The maximum absolute atomic E-state index is 12.7. The van der Waals surface area contributed by atoms with Crippen LogP contribution in [-0.4, -0.2) is 39.0 Å². The lowest BCUT2D eigenvalue weighted by atomic mass is 10.3. The topological polar surface area (TPSA) is 55.8 Å². The molecule has 6 heteroatoms. The third kappa shape index (κ3) is 2.99. The summed E-state index contributed by atoms with van der Waals surface area (Å²) < 4.78 is 37.6. The van der Waals surface area contributed by atoms with Crippen LogP contribution in [0.25, 0.3) is 0 Å². The lowest BCUT2D eigenvalue weighted by Crippen LogP contribution is -2.33. The highest BCUT2D eigenvalue weighted by Crippen LogP contribution is 2.35. The summed E-state index contributed by atoms with van der Waals surface area (Å²) in [4.78, 5) is 0.197. The normalized spacial score (nSPS) is 17.5. The van der Waals surface area contributed by atoms with Gasteiger partial charge in [-0.3, -0.25) is 0 Å². The summed E-state index contributed by atoms with van der Waals surface area (Å²) in [6, 6.07) is 4.69. The Bertz CT molecular complexity index is 673. The van der Waals surface area contributed by atoms with Crippen molar-refractivity contribution in [2.45, 2.75) is 17.7 Å². The molecular weight excluding hydrogens is 290 g/mol. The van der Waals surface area contributed by atoms with Crippen molar-refractivity contribution in [2.24, 2.45) is 5.92 Å². The molecule has 1 aromatic rings. The minimum absolute atomic E-state index is 0.0906. The van der Waals surface area contributed by atoms with E-state index in [-0.39, 0.29) is 11.4 Å². The lowest BCUT2D eigenvalue weighted by Gasteiger charge is -2.22. The van der Waals surface area contributed by atoms with Crippen molar-refractivity contribution < 1.29 is 17.9 Å². The number of sulfonamides is 1. The van der Waals surface area contributed by atoms with Gasteiger partial charge >= 0.3 is 0 Å². The minimum Gasteiger partial charge on any atom is -0.486 e. The van der Waals surface area contributed by atoms with Crippen LogP contribution in [0.4, 0.5) is 0 Å². The molecule has 0 saturated heterocycles. The highest BCUT2D eigenvalue weighted by molar-refractivity contribution is 7.89. The van der Waals surface area contributed by atoms with Gasteiger partial charge in [-0.1, -0.05) is 5.92 Å². The van der Waals surface area contributed by atoms with Crippen LogP contribution < -0.4 is 9.47 Å². The summed E-state index contributed by atoms with van der Waals surface area (Å²) in [5.41, 5.74) is 0. The fraction of sp³-hybridized carbons (Fsp3) is 0.467. The predicted octanol–water partition coefficient (Wildman–Crippen LogP) is 1.49. The molecule has 0 N–H and O–H groups in total. The lowest BCUT2D eigenvalue weighted by molar-refractivity contribution is 0.171. The number of rotatable bonds is 5. The Hall–Kier alpha value is -1.71. The summed E-state index contributed by atoms with van der Waals surface area (Å²) in [7, 11) is -3.60. The average Bonchev–Trinajstić information content (AvgIpc) is 3.30. The van der Waals surface area contributed by atoms with Crippen LogP contribution in [-0.2, 0) is 10.0 Å². The van der Waals surface area contributed by atoms with Crippen LogP contribution in [0.3, 0.4) is 0 Å². The fourth-order valence-corrected chi connectivity index (χ4v) is 3.72. The molecule has 1 aliphatic heterocycles. The van der Waals surface area contributed by atoms with Crippen LogP contribution in [0.2, 0.25) is 0 Å². The number of fused-ring (bicyclic) bond motifs is 1. The smallest absolute Gasteiger partial charge is 0.244 e. The Balaban J connectivity index is 1.90. The monoisotopic (exact) mass is 307 g/mol. The number of hydrogen-bond donors (Lipinski definition) is 0. The second-order valence-corrected chi connectivity index (χ2v) is 7.19. The molecule has 1 saturated carbocycles. The Kier molecular flexibility index (Phi) is 3.79. The zero-order chi connectivity index (χ0) is 14.9. The molecule has 1 heterocycles. The largest absolute Gasteiger partial charge is 0.486 e. The van der Waals surface area contributed by atoms with Crippen LogP contribution >= 0.6 is 0 Å². The summed E-state index contributed by atoms with van der Waals surface area (Å²) in [6.45, 7) is 1.48. The van der Waals surface area contributed by atoms with Gasteiger partial charge < -0.3 is 9.47 Å². The van der Waals surface area contributed by atoms with Gasteiger partial charge in [0.15, 0.2) is 11.5 Å². The van der Waals surface area contributed by atoms with Crippen molar-refractivity contribution in [3.63, 3.8) is 0 Å². The first kappa shape index (κ1) is 14.2. The van der Waals surface area contributed by atoms with Gasteiger partial charge in [-0.15, -0.1) is 6.42 Å². The number of terminal acetylenes is 1. The summed E-state index contributed by atoms with van der Waals surface area (Å²) >= 11 is 0. The van der Waals surface area contributed by atoms with Crippen LogP contribution in [0.1, 0.15) is 12.8 Å². The van der Waals surface area contributed by atoms with Gasteiger partial charge in [0, 0.05) is 12.6 Å². The molecule has 1 aromatic carbocycles. The van der Waals surface area contributed by atoms with Crippen molar-refractivity contribution in [1.82, 2.24) is 4.31 Å².